The van der Waals surface area contributed by atoms with Gasteiger partial charge in [0.2, 0.25) is 0 Å². The van der Waals surface area contributed by atoms with E-state index in [1.54, 1.807) is 0 Å². The van der Waals surface area contributed by atoms with Gasteiger partial charge in [-0.2, -0.15) is 0 Å². The quantitative estimate of drug-likeness (QED) is 0.0566. The van der Waals surface area contributed by atoms with Gasteiger partial charge in [-0.05, 0) is 53.3 Å². The van der Waals surface area contributed by atoms with Crippen molar-refractivity contribution in [1.82, 2.24) is 21.3 Å². The van der Waals surface area contributed by atoms with Gasteiger partial charge >= 0.3 is 473 Å². The summed E-state index contributed by atoms with van der Waals surface area (Å²) in [6, 6.07) is 0. The van der Waals surface area contributed by atoms with Gasteiger partial charge in [0.05, 0.1) is 0 Å². The summed E-state index contributed by atoms with van der Waals surface area (Å²) in [5.74, 6) is 0. The molecule has 354 valence electrons. The molecular formula is C18H52N6Na16O24P8. The molecule has 54 heteroatoms. The van der Waals surface area contributed by atoms with Crippen LogP contribution < -0.4 is 584 Å². The van der Waals surface area contributed by atoms with Gasteiger partial charge in [0.1, 0.15) is 0 Å². The molecule has 0 aliphatic carbocycles. The Morgan fingerprint density at radius 3 is 0.333 bits per heavy atom. The zero-order valence-corrected chi connectivity index (χ0v) is 86.8. The molecule has 8 N–H and O–H groups in total. The number of hydrogen-bond donors (Lipinski definition) is 6. The molecule has 0 amide bonds. The van der Waals surface area contributed by atoms with Crippen LogP contribution in [-0.4, -0.2) is 119 Å². The van der Waals surface area contributed by atoms with Gasteiger partial charge in [-0.25, -0.2) is 0 Å². The van der Waals surface area contributed by atoms with Crippen LogP contribution in [0, 0.1) is 0 Å². The first-order chi connectivity index (χ1) is 23.9. The van der Waals surface area contributed by atoms with E-state index in [4.69, 9.17) is 126 Å². The van der Waals surface area contributed by atoms with Crippen molar-refractivity contribution in [3.63, 3.8) is 0 Å². The third-order valence-corrected chi connectivity index (χ3v) is 2.08. The van der Waals surface area contributed by atoms with Crippen molar-refractivity contribution >= 4 is 60.8 Å². The van der Waals surface area contributed by atoms with Crippen LogP contribution in [0.25, 0.3) is 0 Å². The van der Waals surface area contributed by atoms with Crippen LogP contribution in [0.15, 0.2) is 0 Å². The standard InChI is InChI=1S/C10H28N6.8CH5O3P.16Na/c11-1-3-13-5-7-15-9-10-16-8-6-14-4-2-12;8*1-5(2,3)4;;;;;;;;;;;;;;;;/h13-16H,1-12H2;8*1H3,(H2,2,3,4);;;;;;;;;;;;;;;;/q;;;;;;;;;16*+1/p-16. The molecule has 30 nitrogen and oxygen atoms in total. The first kappa shape index (κ1) is 168. The largest absolute Gasteiger partial charge is 1.00 e. The molecule has 0 saturated carbocycles. The van der Waals surface area contributed by atoms with E-state index in [0.29, 0.717) is 66.4 Å². The van der Waals surface area contributed by atoms with Crippen molar-refractivity contribution < 1.29 is 588 Å². The zero-order valence-electron chi connectivity index (χ0n) is 47.6. The normalized spacial score (nSPS) is 8.97. The van der Waals surface area contributed by atoms with Crippen LogP contribution in [0.5, 0.6) is 0 Å². The van der Waals surface area contributed by atoms with Gasteiger partial charge in [0.25, 0.3) is 0 Å². The van der Waals surface area contributed by atoms with Crippen LogP contribution in [0.4, 0.5) is 0 Å². The molecule has 0 aliphatic heterocycles. The van der Waals surface area contributed by atoms with Crippen molar-refractivity contribution in [2.75, 3.05) is 119 Å². The fourth-order valence-corrected chi connectivity index (χ4v) is 1.23. The maximum Gasteiger partial charge on any atom is 1.00 e. The van der Waals surface area contributed by atoms with E-state index < -0.39 is 60.8 Å². The van der Waals surface area contributed by atoms with Gasteiger partial charge < -0.3 is 148 Å². The van der Waals surface area contributed by atoms with Crippen LogP contribution in [0.3, 0.4) is 0 Å². The van der Waals surface area contributed by atoms with Crippen LogP contribution in [0.2, 0.25) is 0 Å². The summed E-state index contributed by atoms with van der Waals surface area (Å²) < 4.78 is 72.8. The molecule has 0 atom stereocenters. The van der Waals surface area contributed by atoms with E-state index in [9.17, 15) is 0 Å². The minimum atomic E-state index is -4.14. The molecule has 0 bridgehead atoms. The fraction of sp³-hybridized carbons (Fsp3) is 1.00. The second-order valence-electron chi connectivity index (χ2n) is 9.75. The molecule has 0 spiro atoms. The third kappa shape index (κ3) is 716. The van der Waals surface area contributed by atoms with Crippen LogP contribution in [0.1, 0.15) is 0 Å². The topological polar surface area (TPSA) is 606 Å². The summed E-state index contributed by atoms with van der Waals surface area (Å²) in [6.45, 7) is 14.2. The van der Waals surface area contributed by atoms with Crippen molar-refractivity contribution in [1.29, 1.82) is 0 Å². The molecule has 0 aromatic heterocycles. The maximum atomic E-state index is 9.10. The molecule has 0 unspecified atom stereocenters. The summed E-state index contributed by atoms with van der Waals surface area (Å²) in [7, 11) is -33.1. The first-order valence-electron chi connectivity index (χ1n) is 14.1. The minimum Gasteiger partial charge on any atom is -0.811 e. The van der Waals surface area contributed by atoms with Crippen LogP contribution >= 0.6 is 60.8 Å². The van der Waals surface area contributed by atoms with E-state index in [-0.39, 0.29) is 473 Å². The maximum absolute atomic E-state index is 9.10. The smallest absolute Gasteiger partial charge is 0.811 e. The van der Waals surface area contributed by atoms with Crippen molar-refractivity contribution in [3.8, 4) is 0 Å². The van der Waals surface area contributed by atoms with E-state index in [2.05, 4.69) is 21.3 Å². The van der Waals surface area contributed by atoms with E-state index in [0.717, 1.165) is 52.4 Å². The molecule has 0 aromatic carbocycles. The van der Waals surface area contributed by atoms with Gasteiger partial charge in [0.15, 0.2) is 0 Å². The summed E-state index contributed by atoms with van der Waals surface area (Å²) in [6.07, 6.45) is 0. The van der Waals surface area contributed by atoms with Crippen LogP contribution in [-0.2, 0) is 36.5 Å². The molecule has 0 rings (SSSR count). The number of rotatable bonds is 13. The van der Waals surface area contributed by atoms with Crippen molar-refractivity contribution in [3.05, 3.63) is 0 Å². The predicted octanol–water partition coefficient (Wildman–Crippen LogP) is -62.4. The molecule has 0 radical (unpaired) electrons. The zero-order chi connectivity index (χ0) is 47.9. The van der Waals surface area contributed by atoms with Crippen molar-refractivity contribution in [2.45, 2.75) is 0 Å². The fourth-order valence-electron chi connectivity index (χ4n) is 1.23. The monoisotopic (exact) mass is 1350 g/mol. The Bertz CT molecular complexity index is 972. The van der Waals surface area contributed by atoms with E-state index >= 15 is 0 Å². The van der Waals surface area contributed by atoms with Gasteiger partial charge in [-0.3, -0.25) is 0 Å². The van der Waals surface area contributed by atoms with E-state index in [1.807, 2.05) is 0 Å². The Morgan fingerprint density at radius 2 is 0.278 bits per heavy atom. The molecule has 0 heterocycles. The van der Waals surface area contributed by atoms with E-state index in [1.165, 1.54) is 0 Å². The second-order valence-corrected chi connectivity index (χ2v) is 22.1. The van der Waals surface area contributed by atoms with Gasteiger partial charge in [-0.1, -0.05) is 60.8 Å². The molecule has 0 saturated heterocycles. The average molecular weight is 1350 g/mol. The number of hydrogen-bond acceptors (Lipinski definition) is 30. The average Bonchev–Trinajstić information content (AvgIpc) is 2.76. The number of nitrogens with one attached hydrogen (secondary N) is 4. The second kappa shape index (κ2) is 107. The Morgan fingerprint density at radius 1 is 0.222 bits per heavy atom. The van der Waals surface area contributed by atoms with Crippen molar-refractivity contribution in [2.24, 2.45) is 11.5 Å². The Hall–Kier alpha value is 17.0. The Balaban J connectivity index is -0.0000000152. The first-order valence-corrected chi connectivity index (χ1v) is 30.0. The predicted molar refractivity (Wildman–Crippen MR) is 178 cm³/mol. The Kier molecular flexibility index (Phi) is 249. The molecular weight excluding hydrogens is 1300 g/mol. The molecule has 0 aromatic rings. The molecule has 0 aliphatic rings. The molecule has 0 fully saturated rings. The van der Waals surface area contributed by atoms with Gasteiger partial charge in [0, 0.05) is 65.4 Å². The number of nitrogens with two attached hydrogens (primary N) is 2. The SMILES string of the molecule is CP(=O)([O-])[O-].CP(=O)([O-])[O-].CP(=O)([O-])[O-].CP(=O)([O-])[O-].CP(=O)([O-])[O-].CP(=O)([O-])[O-].CP(=O)([O-])[O-].CP(=O)([O-])[O-].NCCNCCNCCNCCNCCN.[Na+].[Na+].[Na+].[Na+].[Na+].[Na+].[Na+].[Na+].[Na+].[Na+].[Na+].[Na+].[Na+].[Na+].[Na+].[Na+]. The van der Waals surface area contributed by atoms with Gasteiger partial charge in [-0.15, -0.1) is 0 Å². The third-order valence-electron chi connectivity index (χ3n) is 2.08. The minimum absolute atomic E-state index is 0. The summed E-state index contributed by atoms with van der Waals surface area (Å²) in [5.41, 5.74) is 10.7. The molecule has 72 heavy (non-hydrogen) atoms. The summed E-state index contributed by atoms with van der Waals surface area (Å²) >= 11 is 0. The Labute approximate surface area is 781 Å². The summed E-state index contributed by atoms with van der Waals surface area (Å²) in [5, 5.41) is 13.1. The summed E-state index contributed by atoms with van der Waals surface area (Å²) in [4.78, 5) is 146.